The van der Waals surface area contributed by atoms with Crippen LogP contribution in [0.25, 0.3) is 5.70 Å². The molecular formula is C28H35F3N2O. The maximum absolute atomic E-state index is 12.8. The lowest BCUT2D eigenvalue weighted by Crippen LogP contribution is -2.42. The van der Waals surface area contributed by atoms with E-state index in [-0.39, 0.29) is 11.5 Å². The van der Waals surface area contributed by atoms with E-state index in [1.54, 1.807) is 12.1 Å². The van der Waals surface area contributed by atoms with Gasteiger partial charge >= 0.3 is 6.18 Å². The van der Waals surface area contributed by atoms with Gasteiger partial charge in [-0.2, -0.15) is 13.2 Å². The van der Waals surface area contributed by atoms with E-state index >= 15 is 0 Å². The first-order chi connectivity index (χ1) is 16.2. The summed E-state index contributed by atoms with van der Waals surface area (Å²) in [5, 5.41) is 0. The molecule has 2 saturated heterocycles. The second-order valence-corrected chi connectivity index (χ2v) is 9.64. The third kappa shape index (κ3) is 5.33. The quantitative estimate of drug-likeness (QED) is 0.476. The average molecular weight is 473 g/mol. The monoisotopic (exact) mass is 472 g/mol. The van der Waals surface area contributed by atoms with Crippen LogP contribution in [0.4, 0.5) is 13.2 Å². The van der Waals surface area contributed by atoms with E-state index < -0.39 is 11.7 Å². The number of hydrogen-bond donors (Lipinski definition) is 0. The van der Waals surface area contributed by atoms with Crippen molar-refractivity contribution >= 4 is 5.70 Å². The molecule has 0 atom stereocenters. The number of ether oxygens (including phenoxy) is 1. The average Bonchev–Trinajstić information content (AvgIpc) is 2.85. The minimum absolute atomic E-state index is 0.207. The highest BCUT2D eigenvalue weighted by Gasteiger charge is 2.36. The van der Waals surface area contributed by atoms with Gasteiger partial charge in [0.15, 0.2) is 0 Å². The summed E-state index contributed by atoms with van der Waals surface area (Å²) in [5.41, 5.74) is 3.54. The molecule has 0 unspecified atom stereocenters. The number of benzene rings is 2. The van der Waals surface area contributed by atoms with Gasteiger partial charge in [0.1, 0.15) is 0 Å². The standard InChI is InChI=1S/C28H35F3N2O/c1-4-34-27(15-19-32(3)20-16-27)25-9-5-22(6-10-25)21(2)33-17-13-24(14-18-33)23-7-11-26(12-8-23)28(29,30)31/h5-12,24H,2,4,13-20H2,1,3H3. The Morgan fingerprint density at radius 1 is 0.971 bits per heavy atom. The number of hydrogen-bond acceptors (Lipinski definition) is 3. The Balaban J connectivity index is 1.38. The summed E-state index contributed by atoms with van der Waals surface area (Å²) in [7, 11) is 2.16. The molecule has 0 aromatic heterocycles. The second kappa shape index (κ2) is 10.1. The summed E-state index contributed by atoms with van der Waals surface area (Å²) in [4.78, 5) is 4.64. The van der Waals surface area contributed by atoms with E-state index in [0.29, 0.717) is 6.61 Å². The second-order valence-electron chi connectivity index (χ2n) is 9.64. The summed E-state index contributed by atoms with van der Waals surface area (Å²) in [6.45, 7) is 10.9. The van der Waals surface area contributed by atoms with Crippen LogP contribution in [0, 0.1) is 0 Å². The Bertz CT molecular complexity index is 953. The highest BCUT2D eigenvalue weighted by atomic mass is 19.4. The van der Waals surface area contributed by atoms with Crippen LogP contribution in [-0.2, 0) is 16.5 Å². The van der Waals surface area contributed by atoms with Crippen LogP contribution >= 0.6 is 0 Å². The Hall–Kier alpha value is -2.31. The molecule has 184 valence electrons. The van der Waals surface area contributed by atoms with Crippen LogP contribution in [0.15, 0.2) is 55.1 Å². The SMILES string of the molecule is C=C(c1ccc(C2(OCC)CCN(C)CC2)cc1)N1CCC(c2ccc(C(F)(F)F)cc2)CC1. The maximum atomic E-state index is 12.8. The van der Waals surface area contributed by atoms with Crippen molar-refractivity contribution in [3.8, 4) is 0 Å². The number of alkyl halides is 3. The summed E-state index contributed by atoms with van der Waals surface area (Å²) in [6, 6.07) is 14.3. The fourth-order valence-corrected chi connectivity index (χ4v) is 5.35. The zero-order valence-corrected chi connectivity index (χ0v) is 20.2. The first-order valence-electron chi connectivity index (χ1n) is 12.3. The van der Waals surface area contributed by atoms with Crippen LogP contribution in [0.3, 0.4) is 0 Å². The van der Waals surface area contributed by atoms with E-state index in [1.165, 1.54) is 17.7 Å². The van der Waals surface area contributed by atoms with Crippen molar-refractivity contribution in [2.45, 2.75) is 50.3 Å². The molecule has 2 fully saturated rings. The van der Waals surface area contributed by atoms with Crippen LogP contribution < -0.4 is 0 Å². The summed E-state index contributed by atoms with van der Waals surface area (Å²) < 4.78 is 44.8. The minimum Gasteiger partial charge on any atom is -0.371 e. The van der Waals surface area contributed by atoms with Gasteiger partial charge in [0.2, 0.25) is 0 Å². The molecule has 0 aliphatic carbocycles. The van der Waals surface area contributed by atoms with E-state index in [1.807, 2.05) is 0 Å². The molecule has 0 spiro atoms. The molecule has 2 aliphatic heterocycles. The van der Waals surface area contributed by atoms with Gasteiger partial charge in [0, 0.05) is 38.5 Å². The Morgan fingerprint density at radius 3 is 2.09 bits per heavy atom. The number of nitrogens with zero attached hydrogens (tertiary/aromatic N) is 2. The van der Waals surface area contributed by atoms with E-state index in [4.69, 9.17) is 4.74 Å². The number of halogens is 3. The van der Waals surface area contributed by atoms with Gasteiger partial charge < -0.3 is 14.5 Å². The molecule has 0 saturated carbocycles. The molecule has 0 amide bonds. The molecule has 2 heterocycles. The first-order valence-corrected chi connectivity index (χ1v) is 12.3. The van der Waals surface area contributed by atoms with E-state index in [2.05, 4.69) is 54.6 Å². The van der Waals surface area contributed by atoms with E-state index in [0.717, 1.165) is 68.7 Å². The molecule has 0 bridgehead atoms. The van der Waals surface area contributed by atoms with Crippen LogP contribution in [0.5, 0.6) is 0 Å². The zero-order chi connectivity index (χ0) is 24.3. The lowest BCUT2D eigenvalue weighted by Gasteiger charge is -2.41. The van der Waals surface area contributed by atoms with E-state index in [9.17, 15) is 13.2 Å². The molecule has 4 rings (SSSR count). The van der Waals surface area contributed by atoms with Crippen molar-refractivity contribution in [3.05, 3.63) is 77.4 Å². The van der Waals surface area contributed by atoms with Crippen molar-refractivity contribution in [2.75, 3.05) is 39.8 Å². The number of likely N-dealkylation sites (tertiary alicyclic amines) is 2. The fourth-order valence-electron chi connectivity index (χ4n) is 5.35. The number of piperidine rings is 2. The van der Waals surface area contributed by atoms with Gasteiger partial charge in [-0.15, -0.1) is 0 Å². The predicted octanol–water partition coefficient (Wildman–Crippen LogP) is 6.51. The normalized spacial score (nSPS) is 19.9. The van der Waals surface area contributed by atoms with Crippen molar-refractivity contribution in [1.29, 1.82) is 0 Å². The molecule has 2 aromatic rings. The highest BCUT2D eigenvalue weighted by molar-refractivity contribution is 5.62. The van der Waals surface area contributed by atoms with Gasteiger partial charge in [-0.1, -0.05) is 43.0 Å². The van der Waals surface area contributed by atoms with Crippen molar-refractivity contribution in [1.82, 2.24) is 9.80 Å². The molecule has 3 nitrogen and oxygen atoms in total. The Morgan fingerprint density at radius 2 is 1.56 bits per heavy atom. The van der Waals surface area contributed by atoms with Gasteiger partial charge in [0.25, 0.3) is 0 Å². The van der Waals surface area contributed by atoms with Crippen LogP contribution in [0.2, 0.25) is 0 Å². The van der Waals surface area contributed by atoms with Crippen molar-refractivity contribution < 1.29 is 17.9 Å². The van der Waals surface area contributed by atoms with Crippen molar-refractivity contribution in [3.63, 3.8) is 0 Å². The lowest BCUT2D eigenvalue weighted by molar-refractivity contribution is -0.137. The van der Waals surface area contributed by atoms with Crippen LogP contribution in [0.1, 0.15) is 60.8 Å². The van der Waals surface area contributed by atoms with Crippen molar-refractivity contribution in [2.24, 2.45) is 0 Å². The summed E-state index contributed by atoms with van der Waals surface area (Å²) >= 11 is 0. The number of rotatable bonds is 6. The third-order valence-corrected chi connectivity index (χ3v) is 7.55. The summed E-state index contributed by atoms with van der Waals surface area (Å²) in [5.74, 6) is 0.282. The van der Waals surface area contributed by atoms with Gasteiger partial charge in [-0.3, -0.25) is 0 Å². The topological polar surface area (TPSA) is 15.7 Å². The molecule has 0 N–H and O–H groups in total. The first kappa shape index (κ1) is 24.8. The van der Waals surface area contributed by atoms with Gasteiger partial charge in [-0.05, 0) is 74.4 Å². The molecule has 2 aromatic carbocycles. The summed E-state index contributed by atoms with van der Waals surface area (Å²) in [6.07, 6.45) is -0.484. The lowest BCUT2D eigenvalue weighted by atomic mass is 9.83. The molecule has 2 aliphatic rings. The minimum atomic E-state index is -4.29. The maximum Gasteiger partial charge on any atom is 0.416 e. The highest BCUT2D eigenvalue weighted by Crippen LogP contribution is 2.38. The molecule has 6 heteroatoms. The Kier molecular flexibility index (Phi) is 7.39. The smallest absolute Gasteiger partial charge is 0.371 e. The Labute approximate surface area is 201 Å². The predicted molar refractivity (Wildman–Crippen MR) is 131 cm³/mol. The van der Waals surface area contributed by atoms with Gasteiger partial charge in [0.05, 0.1) is 11.2 Å². The fraction of sp³-hybridized carbons (Fsp3) is 0.500. The van der Waals surface area contributed by atoms with Crippen LogP contribution in [-0.4, -0.2) is 49.6 Å². The third-order valence-electron chi connectivity index (χ3n) is 7.55. The van der Waals surface area contributed by atoms with Gasteiger partial charge in [-0.25, -0.2) is 0 Å². The molecular weight excluding hydrogens is 437 g/mol. The molecule has 0 radical (unpaired) electrons. The zero-order valence-electron chi connectivity index (χ0n) is 20.2. The molecule has 34 heavy (non-hydrogen) atoms. The largest absolute Gasteiger partial charge is 0.416 e.